The van der Waals surface area contributed by atoms with Crippen molar-refractivity contribution in [3.8, 4) is 34.1 Å². The first kappa shape index (κ1) is 19.6. The molecular formula is C20H22INO5. The van der Waals surface area contributed by atoms with Gasteiger partial charge >= 0.3 is 0 Å². The molecule has 3 rings (SSSR count). The molecule has 144 valence electrons. The van der Waals surface area contributed by atoms with Crippen LogP contribution in [0.25, 0.3) is 11.1 Å². The summed E-state index contributed by atoms with van der Waals surface area (Å²) >= 11 is 2.10. The van der Waals surface area contributed by atoms with Gasteiger partial charge in [-0.3, -0.25) is 4.79 Å². The molecule has 0 aliphatic heterocycles. The third kappa shape index (κ3) is 3.52. The van der Waals surface area contributed by atoms with Gasteiger partial charge in [0.05, 0.1) is 30.9 Å². The van der Waals surface area contributed by atoms with E-state index in [9.17, 15) is 9.90 Å². The maximum absolute atomic E-state index is 11.7. The number of rotatable bonds is 4. The van der Waals surface area contributed by atoms with E-state index in [1.807, 2.05) is 12.1 Å². The van der Waals surface area contributed by atoms with Crippen molar-refractivity contribution in [1.82, 2.24) is 5.32 Å². The standard InChI is InChI=1S/C20H22INO5/c1-10(23)22-15-6-5-11-7-17(25-2)19(26-3)20(27-4)18(11)13-8-14(21)16(24)9-12(13)15/h7-9,15,24H,5-6H2,1-4H3,(H,22,23)/t15-/m0/s1. The lowest BCUT2D eigenvalue weighted by molar-refractivity contribution is -0.119. The highest BCUT2D eigenvalue weighted by Gasteiger charge is 2.30. The van der Waals surface area contributed by atoms with Gasteiger partial charge < -0.3 is 24.6 Å². The second-order valence-electron chi connectivity index (χ2n) is 6.36. The Hall–Kier alpha value is -2.16. The highest BCUT2D eigenvalue weighted by Crippen LogP contribution is 2.51. The van der Waals surface area contributed by atoms with Gasteiger partial charge in [0.2, 0.25) is 11.7 Å². The predicted molar refractivity (Wildman–Crippen MR) is 111 cm³/mol. The first-order valence-electron chi connectivity index (χ1n) is 8.53. The zero-order valence-corrected chi connectivity index (χ0v) is 17.8. The van der Waals surface area contributed by atoms with Crippen LogP contribution in [-0.2, 0) is 11.2 Å². The predicted octanol–water partition coefficient (Wildman–Crippen LogP) is 3.81. The first-order chi connectivity index (χ1) is 12.9. The lowest BCUT2D eigenvalue weighted by Crippen LogP contribution is -2.26. The van der Waals surface area contributed by atoms with Crippen molar-refractivity contribution in [2.75, 3.05) is 21.3 Å². The number of ether oxygens (including phenoxy) is 3. The Labute approximate surface area is 172 Å². The summed E-state index contributed by atoms with van der Waals surface area (Å²) in [5.74, 6) is 1.77. The van der Waals surface area contributed by atoms with Gasteiger partial charge in [0.1, 0.15) is 5.75 Å². The number of phenols is 1. The summed E-state index contributed by atoms with van der Waals surface area (Å²) in [6.07, 6.45) is 1.40. The number of nitrogens with one attached hydrogen (secondary N) is 1. The Bertz CT molecular complexity index is 897. The van der Waals surface area contributed by atoms with E-state index < -0.39 is 0 Å². The molecule has 0 saturated heterocycles. The summed E-state index contributed by atoms with van der Waals surface area (Å²) in [5.41, 5.74) is 3.70. The minimum atomic E-state index is -0.213. The topological polar surface area (TPSA) is 77.0 Å². The summed E-state index contributed by atoms with van der Waals surface area (Å²) in [6.45, 7) is 1.50. The van der Waals surface area contributed by atoms with Crippen LogP contribution in [0.1, 0.15) is 30.5 Å². The molecule has 0 radical (unpaired) electrons. The number of halogens is 1. The molecule has 1 aliphatic rings. The van der Waals surface area contributed by atoms with E-state index in [1.54, 1.807) is 27.4 Å². The average molecular weight is 483 g/mol. The van der Waals surface area contributed by atoms with Crippen LogP contribution in [-0.4, -0.2) is 32.3 Å². The van der Waals surface area contributed by atoms with Crippen LogP contribution in [0.4, 0.5) is 0 Å². The summed E-state index contributed by atoms with van der Waals surface area (Å²) in [5, 5.41) is 13.3. The maximum Gasteiger partial charge on any atom is 0.217 e. The zero-order chi connectivity index (χ0) is 19.7. The molecule has 1 amide bonds. The molecule has 2 N–H and O–H groups in total. The Kier molecular flexibility index (Phi) is 5.69. The number of phenolic OH excluding ortho intramolecular Hbond substituents is 1. The van der Waals surface area contributed by atoms with Gasteiger partial charge in [-0.15, -0.1) is 0 Å². The molecule has 1 atom stereocenters. The number of hydrogen-bond acceptors (Lipinski definition) is 5. The maximum atomic E-state index is 11.7. The third-order valence-electron chi connectivity index (χ3n) is 4.76. The second kappa shape index (κ2) is 7.84. The monoisotopic (exact) mass is 483 g/mol. The van der Waals surface area contributed by atoms with Crippen LogP contribution < -0.4 is 19.5 Å². The van der Waals surface area contributed by atoms with Crippen molar-refractivity contribution < 1.29 is 24.1 Å². The van der Waals surface area contributed by atoms with Gasteiger partial charge in [-0.25, -0.2) is 0 Å². The number of carbonyl (C=O) groups excluding carboxylic acids is 1. The van der Waals surface area contributed by atoms with E-state index in [4.69, 9.17) is 14.2 Å². The van der Waals surface area contributed by atoms with E-state index in [2.05, 4.69) is 27.9 Å². The van der Waals surface area contributed by atoms with Crippen LogP contribution in [0.5, 0.6) is 23.0 Å². The van der Waals surface area contributed by atoms with E-state index in [0.717, 1.165) is 25.8 Å². The SMILES string of the molecule is COc1cc2c(c(OC)c1OC)-c1cc(I)c(O)cc1[C@@H](NC(C)=O)CC2. The highest BCUT2D eigenvalue weighted by atomic mass is 127. The number of amides is 1. The van der Waals surface area contributed by atoms with Gasteiger partial charge in [-0.2, -0.15) is 0 Å². The number of fused-ring (bicyclic) bond motifs is 3. The molecule has 2 aromatic rings. The molecule has 0 saturated carbocycles. The van der Waals surface area contributed by atoms with Crippen molar-refractivity contribution in [3.63, 3.8) is 0 Å². The van der Waals surface area contributed by atoms with E-state index >= 15 is 0 Å². The molecule has 0 aromatic heterocycles. The Morgan fingerprint density at radius 3 is 2.44 bits per heavy atom. The van der Waals surface area contributed by atoms with Crippen LogP contribution in [0.2, 0.25) is 0 Å². The Morgan fingerprint density at radius 1 is 1.15 bits per heavy atom. The number of aromatic hydroxyl groups is 1. The van der Waals surface area contributed by atoms with Gasteiger partial charge in [0.15, 0.2) is 11.5 Å². The average Bonchev–Trinajstić information content (AvgIpc) is 2.77. The molecule has 6 nitrogen and oxygen atoms in total. The van der Waals surface area contributed by atoms with Crippen molar-refractivity contribution in [2.24, 2.45) is 0 Å². The second-order valence-corrected chi connectivity index (χ2v) is 7.52. The van der Waals surface area contributed by atoms with E-state index in [-0.39, 0.29) is 17.7 Å². The Morgan fingerprint density at radius 2 is 1.85 bits per heavy atom. The molecule has 0 fully saturated rings. The summed E-state index contributed by atoms with van der Waals surface area (Å²) in [6, 6.07) is 5.38. The minimum Gasteiger partial charge on any atom is -0.507 e. The third-order valence-corrected chi connectivity index (χ3v) is 5.62. The van der Waals surface area contributed by atoms with Crippen LogP contribution in [0, 0.1) is 3.57 Å². The lowest BCUT2D eigenvalue weighted by Gasteiger charge is -2.21. The number of benzene rings is 2. The molecule has 0 unspecified atom stereocenters. The normalized spacial score (nSPS) is 15.2. The van der Waals surface area contributed by atoms with Crippen molar-refractivity contribution in [3.05, 3.63) is 32.9 Å². The molecule has 1 aliphatic carbocycles. The number of hydrogen-bond donors (Lipinski definition) is 2. The fourth-order valence-electron chi connectivity index (χ4n) is 3.63. The molecule has 0 spiro atoms. The Balaban J connectivity index is 2.35. The van der Waals surface area contributed by atoms with Crippen LogP contribution >= 0.6 is 22.6 Å². The van der Waals surface area contributed by atoms with Gasteiger partial charge in [0, 0.05) is 12.5 Å². The summed E-state index contributed by atoms with van der Waals surface area (Å²) in [4.78, 5) is 11.7. The molecule has 0 bridgehead atoms. The number of methoxy groups -OCH3 is 3. The molecule has 27 heavy (non-hydrogen) atoms. The smallest absolute Gasteiger partial charge is 0.217 e. The molecular weight excluding hydrogens is 461 g/mol. The highest BCUT2D eigenvalue weighted by molar-refractivity contribution is 14.1. The molecule has 0 heterocycles. The fraction of sp³-hybridized carbons (Fsp3) is 0.350. The number of aryl methyl sites for hydroxylation is 1. The first-order valence-corrected chi connectivity index (χ1v) is 9.60. The van der Waals surface area contributed by atoms with Crippen LogP contribution in [0.15, 0.2) is 18.2 Å². The van der Waals surface area contributed by atoms with E-state index in [1.165, 1.54) is 6.92 Å². The van der Waals surface area contributed by atoms with E-state index in [0.29, 0.717) is 30.1 Å². The molecule has 7 heteroatoms. The van der Waals surface area contributed by atoms with Crippen molar-refractivity contribution in [1.29, 1.82) is 0 Å². The summed E-state index contributed by atoms with van der Waals surface area (Å²) < 4.78 is 17.5. The molecule has 2 aromatic carbocycles. The zero-order valence-electron chi connectivity index (χ0n) is 15.7. The number of carbonyl (C=O) groups is 1. The van der Waals surface area contributed by atoms with Crippen molar-refractivity contribution in [2.45, 2.75) is 25.8 Å². The largest absolute Gasteiger partial charge is 0.507 e. The summed E-state index contributed by atoms with van der Waals surface area (Å²) in [7, 11) is 4.76. The van der Waals surface area contributed by atoms with Gasteiger partial charge in [-0.1, -0.05) is 0 Å². The minimum absolute atomic E-state index is 0.114. The van der Waals surface area contributed by atoms with Crippen LogP contribution in [0.3, 0.4) is 0 Å². The quantitative estimate of drug-likeness (QED) is 0.647. The van der Waals surface area contributed by atoms with Crippen molar-refractivity contribution >= 4 is 28.5 Å². The van der Waals surface area contributed by atoms with Gasteiger partial charge in [0.25, 0.3) is 0 Å². The lowest BCUT2D eigenvalue weighted by atomic mass is 9.93. The van der Waals surface area contributed by atoms with Gasteiger partial charge in [-0.05, 0) is 70.3 Å². The fourth-order valence-corrected chi connectivity index (χ4v) is 4.10.